The van der Waals surface area contributed by atoms with Crippen molar-refractivity contribution in [3.05, 3.63) is 52.0 Å². The maximum absolute atomic E-state index is 12.1. The Labute approximate surface area is 151 Å². The summed E-state index contributed by atoms with van der Waals surface area (Å²) < 4.78 is 12.3. The van der Waals surface area contributed by atoms with E-state index in [4.69, 9.17) is 9.47 Å². The SMILES string of the molecule is Cc1cc(Br)cc(C)c1OCC(=O)Nc1cccc(OC(C)C)c1. The second kappa shape index (κ2) is 8.20. The summed E-state index contributed by atoms with van der Waals surface area (Å²) in [5.41, 5.74) is 2.66. The third kappa shape index (κ3) is 5.27. The van der Waals surface area contributed by atoms with Crippen LogP contribution >= 0.6 is 15.9 Å². The van der Waals surface area contributed by atoms with Crippen molar-refractivity contribution in [1.29, 1.82) is 0 Å². The molecule has 1 N–H and O–H groups in total. The molecule has 0 unspecified atom stereocenters. The van der Waals surface area contributed by atoms with Gasteiger partial charge < -0.3 is 14.8 Å². The molecule has 0 atom stereocenters. The lowest BCUT2D eigenvalue weighted by molar-refractivity contribution is -0.118. The van der Waals surface area contributed by atoms with E-state index in [1.54, 1.807) is 6.07 Å². The second-order valence-corrected chi connectivity index (χ2v) is 6.82. The lowest BCUT2D eigenvalue weighted by Crippen LogP contribution is -2.20. The molecule has 0 aliphatic carbocycles. The van der Waals surface area contributed by atoms with Crippen molar-refractivity contribution in [2.75, 3.05) is 11.9 Å². The van der Waals surface area contributed by atoms with Crippen LogP contribution in [0.4, 0.5) is 5.69 Å². The third-order valence-corrected chi connectivity index (χ3v) is 3.72. The van der Waals surface area contributed by atoms with Crippen LogP contribution in [0.1, 0.15) is 25.0 Å². The van der Waals surface area contributed by atoms with E-state index in [9.17, 15) is 4.79 Å². The van der Waals surface area contributed by atoms with Gasteiger partial charge in [-0.15, -0.1) is 0 Å². The number of anilines is 1. The van der Waals surface area contributed by atoms with E-state index < -0.39 is 0 Å². The van der Waals surface area contributed by atoms with E-state index in [-0.39, 0.29) is 18.6 Å². The van der Waals surface area contributed by atoms with Crippen LogP contribution in [0, 0.1) is 13.8 Å². The fraction of sp³-hybridized carbons (Fsp3) is 0.316. The molecule has 2 aromatic carbocycles. The zero-order chi connectivity index (χ0) is 17.7. The van der Waals surface area contributed by atoms with E-state index in [2.05, 4.69) is 21.2 Å². The lowest BCUT2D eigenvalue weighted by atomic mass is 10.1. The van der Waals surface area contributed by atoms with Gasteiger partial charge in [0.25, 0.3) is 5.91 Å². The van der Waals surface area contributed by atoms with E-state index in [0.717, 1.165) is 27.1 Å². The quantitative estimate of drug-likeness (QED) is 0.763. The summed E-state index contributed by atoms with van der Waals surface area (Å²) in [7, 11) is 0. The molecular formula is C19H22BrNO3. The Morgan fingerprint density at radius 3 is 2.46 bits per heavy atom. The molecular weight excluding hydrogens is 370 g/mol. The predicted molar refractivity (Wildman–Crippen MR) is 99.9 cm³/mol. The van der Waals surface area contributed by atoms with Gasteiger partial charge in [-0.1, -0.05) is 22.0 Å². The average molecular weight is 392 g/mol. The Morgan fingerprint density at radius 1 is 1.17 bits per heavy atom. The van der Waals surface area contributed by atoms with Gasteiger partial charge in [0.2, 0.25) is 0 Å². The third-order valence-electron chi connectivity index (χ3n) is 3.26. The summed E-state index contributed by atoms with van der Waals surface area (Å²) in [4.78, 5) is 12.1. The minimum Gasteiger partial charge on any atom is -0.491 e. The van der Waals surface area contributed by atoms with Gasteiger partial charge in [-0.25, -0.2) is 0 Å². The van der Waals surface area contributed by atoms with Gasteiger partial charge in [0.05, 0.1) is 6.10 Å². The molecule has 0 aliphatic rings. The van der Waals surface area contributed by atoms with Gasteiger partial charge in [0.15, 0.2) is 6.61 Å². The molecule has 24 heavy (non-hydrogen) atoms. The number of amides is 1. The fourth-order valence-electron chi connectivity index (χ4n) is 2.38. The summed E-state index contributed by atoms with van der Waals surface area (Å²) in [6.45, 7) is 7.79. The molecule has 2 aromatic rings. The van der Waals surface area contributed by atoms with Crippen LogP contribution in [-0.4, -0.2) is 18.6 Å². The van der Waals surface area contributed by atoms with Crippen LogP contribution in [0.2, 0.25) is 0 Å². The van der Waals surface area contributed by atoms with Crippen LogP contribution in [0.25, 0.3) is 0 Å². The van der Waals surface area contributed by atoms with E-state index in [1.807, 2.05) is 58.0 Å². The maximum Gasteiger partial charge on any atom is 0.262 e. The van der Waals surface area contributed by atoms with Gasteiger partial charge >= 0.3 is 0 Å². The van der Waals surface area contributed by atoms with Crippen LogP contribution in [0.15, 0.2) is 40.9 Å². The predicted octanol–water partition coefficient (Wildman–Crippen LogP) is 4.87. The van der Waals surface area contributed by atoms with Gasteiger partial charge in [0, 0.05) is 16.2 Å². The Kier molecular flexibility index (Phi) is 6.26. The first-order chi connectivity index (χ1) is 11.3. The standard InChI is InChI=1S/C19H22BrNO3/c1-12(2)24-17-7-5-6-16(10-17)21-18(22)11-23-19-13(3)8-15(20)9-14(19)4/h5-10,12H,11H2,1-4H3,(H,21,22). The topological polar surface area (TPSA) is 47.6 Å². The van der Waals surface area contributed by atoms with E-state index in [1.165, 1.54) is 0 Å². The highest BCUT2D eigenvalue weighted by atomic mass is 79.9. The maximum atomic E-state index is 12.1. The first kappa shape index (κ1) is 18.3. The molecule has 0 aromatic heterocycles. The molecule has 0 radical (unpaired) electrons. The number of halogens is 1. The number of hydrogen-bond donors (Lipinski definition) is 1. The van der Waals surface area contributed by atoms with Crippen molar-refractivity contribution < 1.29 is 14.3 Å². The van der Waals surface area contributed by atoms with Crippen molar-refractivity contribution in [2.45, 2.75) is 33.8 Å². The number of nitrogens with one attached hydrogen (secondary N) is 1. The summed E-state index contributed by atoms with van der Waals surface area (Å²) in [6.07, 6.45) is 0.0858. The average Bonchev–Trinajstić information content (AvgIpc) is 2.45. The lowest BCUT2D eigenvalue weighted by Gasteiger charge is -2.14. The van der Waals surface area contributed by atoms with E-state index in [0.29, 0.717) is 5.69 Å². The zero-order valence-electron chi connectivity index (χ0n) is 14.4. The molecule has 1 amide bonds. The normalized spacial score (nSPS) is 10.6. The molecule has 0 aliphatic heterocycles. The van der Waals surface area contributed by atoms with Gasteiger partial charge in [0.1, 0.15) is 11.5 Å². The molecule has 0 saturated heterocycles. The highest BCUT2D eigenvalue weighted by Crippen LogP contribution is 2.27. The summed E-state index contributed by atoms with van der Waals surface area (Å²) in [5, 5.41) is 2.82. The summed E-state index contributed by atoms with van der Waals surface area (Å²) in [6, 6.07) is 11.3. The highest BCUT2D eigenvalue weighted by Gasteiger charge is 2.09. The molecule has 0 fully saturated rings. The molecule has 5 heteroatoms. The summed E-state index contributed by atoms with van der Waals surface area (Å²) >= 11 is 3.45. The van der Waals surface area contributed by atoms with Crippen molar-refractivity contribution in [2.24, 2.45) is 0 Å². The number of benzene rings is 2. The van der Waals surface area contributed by atoms with Gasteiger partial charge in [-0.3, -0.25) is 4.79 Å². The number of carbonyl (C=O) groups excluding carboxylic acids is 1. The van der Waals surface area contributed by atoms with Crippen LogP contribution < -0.4 is 14.8 Å². The van der Waals surface area contributed by atoms with Crippen LogP contribution in [0.5, 0.6) is 11.5 Å². The smallest absolute Gasteiger partial charge is 0.262 e. The second-order valence-electron chi connectivity index (χ2n) is 5.90. The minimum atomic E-state index is -0.210. The number of aryl methyl sites for hydroxylation is 2. The molecule has 0 spiro atoms. The molecule has 4 nitrogen and oxygen atoms in total. The molecule has 0 bridgehead atoms. The zero-order valence-corrected chi connectivity index (χ0v) is 15.9. The summed E-state index contributed by atoms with van der Waals surface area (Å²) in [5.74, 6) is 1.26. The minimum absolute atomic E-state index is 0.0431. The van der Waals surface area contributed by atoms with Crippen molar-refractivity contribution in [3.8, 4) is 11.5 Å². The van der Waals surface area contributed by atoms with Crippen molar-refractivity contribution in [3.63, 3.8) is 0 Å². The Balaban J connectivity index is 1.97. The van der Waals surface area contributed by atoms with Crippen molar-refractivity contribution >= 4 is 27.5 Å². The monoisotopic (exact) mass is 391 g/mol. The van der Waals surface area contributed by atoms with E-state index >= 15 is 0 Å². The van der Waals surface area contributed by atoms with Crippen LogP contribution in [-0.2, 0) is 4.79 Å². The number of carbonyl (C=O) groups is 1. The first-order valence-electron chi connectivity index (χ1n) is 7.81. The molecule has 2 rings (SSSR count). The van der Waals surface area contributed by atoms with Crippen LogP contribution in [0.3, 0.4) is 0 Å². The van der Waals surface area contributed by atoms with Gasteiger partial charge in [-0.05, 0) is 63.1 Å². The Morgan fingerprint density at radius 2 is 1.83 bits per heavy atom. The molecule has 128 valence electrons. The largest absolute Gasteiger partial charge is 0.491 e. The fourth-order valence-corrected chi connectivity index (χ4v) is 3.07. The number of ether oxygens (including phenoxy) is 2. The van der Waals surface area contributed by atoms with Crippen molar-refractivity contribution in [1.82, 2.24) is 0 Å². The number of rotatable bonds is 6. The highest BCUT2D eigenvalue weighted by molar-refractivity contribution is 9.10. The molecule has 0 saturated carbocycles. The Hall–Kier alpha value is -2.01. The Bertz CT molecular complexity index is 705. The first-order valence-corrected chi connectivity index (χ1v) is 8.60. The van der Waals surface area contributed by atoms with Gasteiger partial charge in [-0.2, -0.15) is 0 Å². The number of hydrogen-bond acceptors (Lipinski definition) is 3. The molecule has 0 heterocycles.